The summed E-state index contributed by atoms with van der Waals surface area (Å²) in [4.78, 5) is 48.0. The first-order valence-corrected chi connectivity index (χ1v) is 8.71. The monoisotopic (exact) mass is 366 g/mol. The van der Waals surface area contributed by atoms with E-state index in [9.17, 15) is 19.2 Å². The molecular formula is C21H18O6. The van der Waals surface area contributed by atoms with Crippen LogP contribution < -0.4 is 0 Å². The van der Waals surface area contributed by atoms with Crippen molar-refractivity contribution in [3.8, 4) is 0 Å². The number of hydrogen-bond acceptors (Lipinski definition) is 6. The fourth-order valence-corrected chi connectivity index (χ4v) is 2.88. The van der Waals surface area contributed by atoms with Gasteiger partial charge in [-0.25, -0.2) is 4.79 Å². The largest absolute Gasteiger partial charge is 0.460 e. The maximum absolute atomic E-state index is 12.3. The van der Waals surface area contributed by atoms with E-state index >= 15 is 0 Å². The number of furan rings is 1. The van der Waals surface area contributed by atoms with E-state index in [1.807, 2.05) is 6.92 Å². The Labute approximate surface area is 155 Å². The van der Waals surface area contributed by atoms with Crippen molar-refractivity contribution in [3.63, 3.8) is 0 Å². The van der Waals surface area contributed by atoms with E-state index in [1.54, 1.807) is 31.2 Å². The van der Waals surface area contributed by atoms with Gasteiger partial charge in [-0.3, -0.25) is 14.4 Å². The molecule has 1 heterocycles. The fourth-order valence-electron chi connectivity index (χ4n) is 2.88. The van der Waals surface area contributed by atoms with Crippen LogP contribution in [0, 0.1) is 0 Å². The van der Waals surface area contributed by atoms with Crippen LogP contribution in [0.5, 0.6) is 0 Å². The average molecular weight is 366 g/mol. The molecule has 0 saturated carbocycles. The molecule has 3 aromatic rings. The summed E-state index contributed by atoms with van der Waals surface area (Å²) in [6.45, 7) is 3.56. The van der Waals surface area contributed by atoms with Gasteiger partial charge in [-0.15, -0.1) is 0 Å². The number of Topliss-reactive ketones (excluding diaryl/α,β-unsaturated/α-hetero) is 3. The average Bonchev–Trinajstić information content (AvgIpc) is 3.04. The molecule has 3 rings (SSSR count). The van der Waals surface area contributed by atoms with E-state index in [1.165, 1.54) is 12.1 Å². The van der Waals surface area contributed by atoms with Crippen LogP contribution in [0.1, 0.15) is 47.4 Å². The fraction of sp³-hybridized carbons (Fsp3) is 0.238. The minimum Gasteiger partial charge on any atom is -0.460 e. The van der Waals surface area contributed by atoms with E-state index in [-0.39, 0.29) is 24.2 Å². The summed E-state index contributed by atoms with van der Waals surface area (Å²) >= 11 is 0. The highest BCUT2D eigenvalue weighted by Crippen LogP contribution is 2.30. The lowest BCUT2D eigenvalue weighted by molar-refractivity contribution is -0.137. The summed E-state index contributed by atoms with van der Waals surface area (Å²) in [5, 5.41) is 1.18. The first-order valence-electron chi connectivity index (χ1n) is 8.71. The molecule has 0 saturated heterocycles. The topological polar surface area (TPSA) is 90.6 Å². The number of esters is 1. The third-order valence-corrected chi connectivity index (χ3v) is 4.18. The highest BCUT2D eigenvalue weighted by Gasteiger charge is 2.20. The van der Waals surface area contributed by atoms with Crippen LogP contribution in [0.2, 0.25) is 0 Å². The Kier molecular flexibility index (Phi) is 5.16. The van der Waals surface area contributed by atoms with Crippen LogP contribution >= 0.6 is 0 Å². The summed E-state index contributed by atoms with van der Waals surface area (Å²) < 4.78 is 10.5. The third kappa shape index (κ3) is 3.51. The molecule has 0 radical (unpaired) electrons. The van der Waals surface area contributed by atoms with Gasteiger partial charge in [0.15, 0.2) is 0 Å². The van der Waals surface area contributed by atoms with Gasteiger partial charge in [0.1, 0.15) is 11.2 Å². The van der Waals surface area contributed by atoms with E-state index in [0.717, 1.165) is 0 Å². The molecule has 1 aromatic heterocycles. The summed E-state index contributed by atoms with van der Waals surface area (Å²) in [7, 11) is 0. The molecule has 0 N–H and O–H groups in total. The SMILES string of the molecule is CCCC(=O)C(=O)c1ccc2oc3ccc(C(=O)C(=O)OCC)cc3c2c1. The lowest BCUT2D eigenvalue weighted by atomic mass is 10.0. The molecule has 0 aliphatic carbocycles. The van der Waals surface area contributed by atoms with Crippen molar-refractivity contribution in [3.05, 3.63) is 47.5 Å². The number of rotatable bonds is 7. The van der Waals surface area contributed by atoms with Gasteiger partial charge >= 0.3 is 5.97 Å². The molecule has 2 aromatic carbocycles. The molecule has 0 fully saturated rings. The molecule has 138 valence electrons. The Morgan fingerprint density at radius 3 is 1.93 bits per heavy atom. The normalized spacial score (nSPS) is 10.9. The maximum atomic E-state index is 12.3. The molecule has 0 amide bonds. The van der Waals surface area contributed by atoms with Gasteiger partial charge in [0.05, 0.1) is 6.61 Å². The molecule has 0 bridgehead atoms. The minimum absolute atomic E-state index is 0.110. The molecule has 6 nitrogen and oxygen atoms in total. The van der Waals surface area contributed by atoms with Crippen LogP contribution in [0.15, 0.2) is 40.8 Å². The van der Waals surface area contributed by atoms with Crippen molar-refractivity contribution in [2.45, 2.75) is 26.7 Å². The van der Waals surface area contributed by atoms with Gasteiger partial charge in [0, 0.05) is 28.3 Å². The number of fused-ring (bicyclic) bond motifs is 3. The van der Waals surface area contributed by atoms with Crippen molar-refractivity contribution in [1.82, 2.24) is 0 Å². The quantitative estimate of drug-likeness (QED) is 0.358. The smallest absolute Gasteiger partial charge is 0.379 e. The zero-order chi connectivity index (χ0) is 19.6. The highest BCUT2D eigenvalue weighted by atomic mass is 16.5. The Bertz CT molecular complexity index is 989. The molecule has 0 atom stereocenters. The first-order chi connectivity index (χ1) is 13.0. The van der Waals surface area contributed by atoms with Crippen LogP contribution in [0.3, 0.4) is 0 Å². The lowest BCUT2D eigenvalue weighted by Gasteiger charge is -2.01. The van der Waals surface area contributed by atoms with E-state index in [4.69, 9.17) is 9.15 Å². The number of ether oxygens (including phenoxy) is 1. The Morgan fingerprint density at radius 1 is 0.852 bits per heavy atom. The van der Waals surface area contributed by atoms with Crippen molar-refractivity contribution in [1.29, 1.82) is 0 Å². The second-order valence-electron chi connectivity index (χ2n) is 6.08. The van der Waals surface area contributed by atoms with Crippen LogP contribution in [0.25, 0.3) is 21.9 Å². The van der Waals surface area contributed by atoms with Gasteiger partial charge in [-0.1, -0.05) is 6.92 Å². The number of hydrogen-bond donors (Lipinski definition) is 0. The minimum atomic E-state index is -0.925. The van der Waals surface area contributed by atoms with Crippen molar-refractivity contribution in [2.75, 3.05) is 6.61 Å². The van der Waals surface area contributed by atoms with Crippen molar-refractivity contribution in [2.24, 2.45) is 0 Å². The van der Waals surface area contributed by atoms with Gasteiger partial charge < -0.3 is 9.15 Å². The summed E-state index contributed by atoms with van der Waals surface area (Å²) in [6, 6.07) is 9.35. The van der Waals surface area contributed by atoms with Gasteiger partial charge in [0.2, 0.25) is 11.6 Å². The van der Waals surface area contributed by atoms with E-state index < -0.39 is 23.3 Å². The van der Waals surface area contributed by atoms with E-state index in [0.29, 0.717) is 28.4 Å². The molecule has 0 spiro atoms. The first kappa shape index (κ1) is 18.5. The lowest BCUT2D eigenvalue weighted by Crippen LogP contribution is -2.17. The van der Waals surface area contributed by atoms with Crippen LogP contribution in [-0.4, -0.2) is 29.9 Å². The van der Waals surface area contributed by atoms with Gasteiger partial charge in [0.25, 0.3) is 5.78 Å². The zero-order valence-corrected chi connectivity index (χ0v) is 15.0. The summed E-state index contributed by atoms with van der Waals surface area (Å²) in [6.07, 6.45) is 0.794. The van der Waals surface area contributed by atoms with Crippen LogP contribution in [-0.2, 0) is 14.3 Å². The Hall–Kier alpha value is -3.28. The molecule has 6 heteroatoms. The third-order valence-electron chi connectivity index (χ3n) is 4.18. The molecule has 0 aliphatic heterocycles. The number of ketones is 3. The van der Waals surface area contributed by atoms with E-state index in [2.05, 4.69) is 0 Å². The standard InChI is InChI=1S/C21H18O6/c1-3-5-16(22)19(23)12-6-8-17-14(10-12)15-11-13(7-9-18(15)27-17)20(24)21(25)26-4-2/h6-11H,3-5H2,1-2H3. The number of carbonyl (C=O) groups is 4. The van der Waals surface area contributed by atoms with Gasteiger partial charge in [-0.05, 0) is 49.7 Å². The van der Waals surface area contributed by atoms with Crippen molar-refractivity contribution >= 4 is 45.3 Å². The zero-order valence-electron chi connectivity index (χ0n) is 15.0. The second-order valence-corrected chi connectivity index (χ2v) is 6.08. The summed E-state index contributed by atoms with van der Waals surface area (Å²) in [5.41, 5.74) is 1.47. The molecule has 27 heavy (non-hydrogen) atoms. The predicted molar refractivity (Wildman–Crippen MR) is 98.9 cm³/mol. The molecular weight excluding hydrogens is 348 g/mol. The second kappa shape index (κ2) is 7.53. The predicted octanol–water partition coefficient (Wildman–Crippen LogP) is 3.88. The Balaban J connectivity index is 2.07. The number of benzene rings is 2. The van der Waals surface area contributed by atoms with Crippen LogP contribution in [0.4, 0.5) is 0 Å². The van der Waals surface area contributed by atoms with Gasteiger partial charge in [-0.2, -0.15) is 0 Å². The Morgan fingerprint density at radius 2 is 1.41 bits per heavy atom. The number of carbonyl (C=O) groups excluding carboxylic acids is 4. The molecule has 0 unspecified atom stereocenters. The maximum Gasteiger partial charge on any atom is 0.379 e. The molecule has 0 aliphatic rings. The van der Waals surface area contributed by atoms with Crippen molar-refractivity contribution < 1.29 is 28.3 Å². The summed E-state index contributed by atoms with van der Waals surface area (Å²) in [5.74, 6) is -2.67. The highest BCUT2D eigenvalue weighted by molar-refractivity contribution is 6.44.